The van der Waals surface area contributed by atoms with Crippen molar-refractivity contribution < 1.29 is 33.0 Å². The van der Waals surface area contributed by atoms with Crippen molar-refractivity contribution in [1.29, 1.82) is 0 Å². The number of thioether (sulfide) groups is 1. The van der Waals surface area contributed by atoms with Gasteiger partial charge in [0.15, 0.2) is 0 Å². The van der Waals surface area contributed by atoms with E-state index in [9.17, 15) is 23.2 Å². The van der Waals surface area contributed by atoms with Gasteiger partial charge in [-0.25, -0.2) is 13.6 Å². The smallest absolute Gasteiger partial charge is 0.407 e. The lowest BCUT2D eigenvalue weighted by atomic mass is 9.93. The number of carboxylic acid groups (broad SMARTS) is 1. The molecule has 2 aromatic rings. The number of ether oxygens (including phenoxy) is 1. The molecule has 0 radical (unpaired) electrons. The van der Waals surface area contributed by atoms with Gasteiger partial charge in [-0.1, -0.05) is 48.5 Å². The topological polar surface area (TPSA) is 95.9 Å². The summed E-state index contributed by atoms with van der Waals surface area (Å²) in [4.78, 5) is 36.7. The van der Waals surface area contributed by atoms with Crippen molar-refractivity contribution in [2.75, 3.05) is 37.7 Å². The van der Waals surface area contributed by atoms with Crippen molar-refractivity contribution in [3.63, 3.8) is 0 Å². The highest BCUT2D eigenvalue weighted by atomic mass is 32.2. The van der Waals surface area contributed by atoms with Crippen LogP contribution in [0.3, 0.4) is 0 Å². The number of amides is 2. The molecule has 1 aliphatic heterocycles. The molecule has 0 spiro atoms. The maximum absolute atomic E-state index is 13.7. The number of hydrogen-bond acceptors (Lipinski definition) is 5. The number of aliphatic carboxylic acids is 1. The lowest BCUT2D eigenvalue weighted by Gasteiger charge is -2.36. The van der Waals surface area contributed by atoms with E-state index in [2.05, 4.69) is 17.4 Å². The third kappa shape index (κ3) is 5.58. The number of benzene rings is 2. The molecule has 1 heterocycles. The molecule has 1 saturated heterocycles. The first kappa shape index (κ1) is 25.0. The zero-order chi connectivity index (χ0) is 25.0. The maximum Gasteiger partial charge on any atom is 0.407 e. The minimum absolute atomic E-state index is 0.0181. The number of rotatable bonds is 8. The van der Waals surface area contributed by atoms with Gasteiger partial charge in [-0.15, -0.1) is 0 Å². The Morgan fingerprint density at radius 2 is 1.71 bits per heavy atom. The Kier molecular flexibility index (Phi) is 7.59. The average molecular weight is 505 g/mol. The predicted octanol–water partition coefficient (Wildman–Crippen LogP) is 3.83. The van der Waals surface area contributed by atoms with Crippen LogP contribution in [0, 0.1) is 5.92 Å². The summed E-state index contributed by atoms with van der Waals surface area (Å²) in [6.07, 6.45) is -1.22. The molecule has 35 heavy (non-hydrogen) atoms. The molecule has 1 fully saturated rings. The SMILES string of the molecule is O=C(NCCSCC(=O)N1CCC(F)(F)C(C(=O)O)C1)OCC1c2ccccc2-c2ccccc21. The van der Waals surface area contributed by atoms with Gasteiger partial charge in [0.2, 0.25) is 5.91 Å². The van der Waals surface area contributed by atoms with Gasteiger partial charge in [-0.3, -0.25) is 9.59 Å². The van der Waals surface area contributed by atoms with Gasteiger partial charge in [-0.2, -0.15) is 11.8 Å². The Bertz CT molecular complexity index is 1070. The number of fused-ring (bicyclic) bond motifs is 3. The maximum atomic E-state index is 13.7. The average Bonchev–Trinajstić information content (AvgIpc) is 3.15. The van der Waals surface area contributed by atoms with Gasteiger partial charge in [0.05, 0.1) is 5.75 Å². The van der Waals surface area contributed by atoms with Crippen LogP contribution >= 0.6 is 11.8 Å². The molecule has 10 heteroatoms. The van der Waals surface area contributed by atoms with Crippen LogP contribution in [0.4, 0.5) is 13.6 Å². The number of alkyl carbamates (subject to hydrolysis) is 1. The molecule has 0 saturated carbocycles. The summed E-state index contributed by atoms with van der Waals surface area (Å²) in [5.74, 6) is -6.80. The van der Waals surface area contributed by atoms with E-state index in [-0.39, 0.29) is 31.4 Å². The molecule has 2 N–H and O–H groups in total. The first-order chi connectivity index (χ1) is 16.8. The molecule has 2 aromatic carbocycles. The fraction of sp³-hybridized carbons (Fsp3) is 0.400. The summed E-state index contributed by atoms with van der Waals surface area (Å²) >= 11 is 1.23. The lowest BCUT2D eigenvalue weighted by molar-refractivity contribution is -0.168. The van der Waals surface area contributed by atoms with E-state index in [0.29, 0.717) is 5.75 Å². The predicted molar refractivity (Wildman–Crippen MR) is 128 cm³/mol. The Balaban J connectivity index is 1.17. The molecule has 0 bridgehead atoms. The van der Waals surface area contributed by atoms with E-state index in [0.717, 1.165) is 22.3 Å². The highest BCUT2D eigenvalue weighted by Crippen LogP contribution is 2.44. The van der Waals surface area contributed by atoms with Gasteiger partial charge in [0, 0.05) is 37.7 Å². The van der Waals surface area contributed by atoms with Crippen molar-refractivity contribution in [2.24, 2.45) is 5.92 Å². The zero-order valence-electron chi connectivity index (χ0n) is 18.9. The van der Waals surface area contributed by atoms with Crippen LogP contribution in [-0.4, -0.2) is 71.6 Å². The fourth-order valence-corrected chi connectivity index (χ4v) is 5.26. The number of carbonyl (C=O) groups excluding carboxylic acids is 2. The van der Waals surface area contributed by atoms with Crippen LogP contribution in [0.15, 0.2) is 48.5 Å². The number of likely N-dealkylation sites (tertiary alicyclic amines) is 1. The number of nitrogens with zero attached hydrogens (tertiary/aromatic N) is 1. The number of piperidine rings is 1. The highest BCUT2D eigenvalue weighted by molar-refractivity contribution is 7.99. The Hall–Kier alpha value is -3.14. The molecule has 7 nitrogen and oxygen atoms in total. The first-order valence-electron chi connectivity index (χ1n) is 11.3. The van der Waals surface area contributed by atoms with E-state index in [4.69, 9.17) is 9.84 Å². The van der Waals surface area contributed by atoms with Gasteiger partial charge >= 0.3 is 12.1 Å². The lowest BCUT2D eigenvalue weighted by Crippen LogP contribution is -2.52. The summed E-state index contributed by atoms with van der Waals surface area (Å²) in [7, 11) is 0. The fourth-order valence-electron chi connectivity index (χ4n) is 4.51. The second-order valence-corrected chi connectivity index (χ2v) is 9.65. The van der Waals surface area contributed by atoms with Gasteiger partial charge in [0.1, 0.15) is 12.5 Å². The molecule has 1 atom stereocenters. The molecule has 0 aromatic heterocycles. The number of nitrogens with one attached hydrogen (secondary N) is 1. The van der Waals surface area contributed by atoms with Crippen molar-refractivity contribution in [2.45, 2.75) is 18.3 Å². The molecular weight excluding hydrogens is 478 g/mol. The van der Waals surface area contributed by atoms with Crippen LogP contribution in [-0.2, 0) is 14.3 Å². The van der Waals surface area contributed by atoms with Gasteiger partial charge in [0.25, 0.3) is 5.92 Å². The van der Waals surface area contributed by atoms with Crippen LogP contribution < -0.4 is 5.32 Å². The van der Waals surface area contributed by atoms with E-state index < -0.39 is 42.8 Å². The Labute approximate surface area is 205 Å². The monoisotopic (exact) mass is 504 g/mol. The Morgan fingerprint density at radius 1 is 1.09 bits per heavy atom. The second-order valence-electron chi connectivity index (χ2n) is 8.55. The van der Waals surface area contributed by atoms with E-state index >= 15 is 0 Å². The van der Waals surface area contributed by atoms with Crippen molar-refractivity contribution in [1.82, 2.24) is 10.2 Å². The molecule has 2 aliphatic rings. The van der Waals surface area contributed by atoms with Crippen LogP contribution in [0.5, 0.6) is 0 Å². The largest absolute Gasteiger partial charge is 0.481 e. The normalized spacial score (nSPS) is 18.5. The van der Waals surface area contributed by atoms with Crippen LogP contribution in [0.2, 0.25) is 0 Å². The zero-order valence-corrected chi connectivity index (χ0v) is 19.7. The van der Waals surface area contributed by atoms with Crippen LogP contribution in [0.1, 0.15) is 23.5 Å². The molecule has 1 unspecified atom stereocenters. The van der Waals surface area contributed by atoms with E-state index in [1.807, 2.05) is 36.4 Å². The number of hydrogen-bond donors (Lipinski definition) is 2. The minimum atomic E-state index is -3.32. The number of carboxylic acids is 1. The number of carbonyl (C=O) groups is 3. The molecule has 4 rings (SSSR count). The van der Waals surface area contributed by atoms with Gasteiger partial charge in [-0.05, 0) is 22.3 Å². The molecule has 1 aliphatic carbocycles. The summed E-state index contributed by atoms with van der Waals surface area (Å²) in [6.45, 7) is -0.200. The molecular formula is C25H26F2N2O5S. The van der Waals surface area contributed by atoms with E-state index in [1.54, 1.807) is 0 Å². The molecule has 2 amide bonds. The third-order valence-electron chi connectivity index (χ3n) is 6.36. The van der Waals surface area contributed by atoms with Gasteiger partial charge < -0.3 is 20.1 Å². The number of halogens is 2. The molecule has 186 valence electrons. The highest BCUT2D eigenvalue weighted by Gasteiger charge is 2.49. The standard InChI is InChI=1S/C25H26F2N2O5S/c26-25(27)9-11-29(13-21(25)23(31)32)22(30)15-35-12-10-28-24(33)34-14-20-18-7-3-1-5-16(18)17-6-2-4-8-19(17)20/h1-8,20-21H,9-15H2,(H,28,33)(H,31,32). The summed E-state index contributed by atoms with van der Waals surface area (Å²) in [5.41, 5.74) is 4.53. The van der Waals surface area contributed by atoms with Crippen molar-refractivity contribution >= 4 is 29.7 Å². The Morgan fingerprint density at radius 3 is 2.34 bits per heavy atom. The summed E-state index contributed by atoms with van der Waals surface area (Å²) < 4.78 is 32.9. The first-order valence-corrected chi connectivity index (χ1v) is 12.5. The summed E-state index contributed by atoms with van der Waals surface area (Å²) in [5, 5.41) is 11.7. The second kappa shape index (κ2) is 10.6. The summed E-state index contributed by atoms with van der Waals surface area (Å²) in [6, 6.07) is 16.1. The number of alkyl halides is 2. The minimum Gasteiger partial charge on any atom is -0.481 e. The van der Waals surface area contributed by atoms with Crippen LogP contribution in [0.25, 0.3) is 11.1 Å². The quantitative estimate of drug-likeness (QED) is 0.531. The van der Waals surface area contributed by atoms with Crippen molar-refractivity contribution in [3.8, 4) is 11.1 Å². The third-order valence-corrected chi connectivity index (χ3v) is 7.31. The van der Waals surface area contributed by atoms with Crippen molar-refractivity contribution in [3.05, 3.63) is 59.7 Å². The van der Waals surface area contributed by atoms with E-state index in [1.165, 1.54) is 16.7 Å².